The second-order valence-corrected chi connectivity index (χ2v) is 11.0. The van der Waals surface area contributed by atoms with Crippen LogP contribution in [0.2, 0.25) is 10.0 Å². The smallest absolute Gasteiger partial charge is 0.242 e. The predicted molar refractivity (Wildman–Crippen MR) is 138 cm³/mol. The van der Waals surface area contributed by atoms with E-state index in [1.54, 1.807) is 22.3 Å². The summed E-state index contributed by atoms with van der Waals surface area (Å²) >= 11 is 14.4. The van der Waals surface area contributed by atoms with E-state index in [2.05, 4.69) is 32.2 Å². The molecule has 1 aliphatic heterocycles. The van der Waals surface area contributed by atoms with Crippen LogP contribution in [0.4, 0.5) is 0 Å². The molecular weight excluding hydrogens is 475 g/mol. The molecule has 0 saturated carbocycles. The maximum Gasteiger partial charge on any atom is 0.242 e. The van der Waals surface area contributed by atoms with Crippen LogP contribution >= 0.6 is 34.5 Å². The van der Waals surface area contributed by atoms with Gasteiger partial charge in [-0.15, -0.1) is 11.3 Å². The van der Waals surface area contributed by atoms with E-state index in [1.807, 2.05) is 17.0 Å². The maximum absolute atomic E-state index is 13.6. The van der Waals surface area contributed by atoms with Crippen LogP contribution in [0.25, 0.3) is 0 Å². The second-order valence-electron chi connectivity index (χ2n) is 9.18. The first-order valence-electron chi connectivity index (χ1n) is 11.9. The number of benzene rings is 1. The lowest BCUT2D eigenvalue weighted by atomic mass is 9.93. The van der Waals surface area contributed by atoms with E-state index in [9.17, 15) is 9.59 Å². The minimum atomic E-state index is -0.266. The number of fused-ring (bicyclic) bond motifs is 1. The van der Waals surface area contributed by atoms with Gasteiger partial charge in [-0.05, 0) is 53.5 Å². The lowest BCUT2D eigenvalue weighted by Crippen LogP contribution is -2.47. The molecule has 2 amide bonds. The minimum absolute atomic E-state index is 0.0366. The number of nitrogens with zero attached hydrogens (tertiary/aromatic N) is 2. The molecule has 0 bridgehead atoms. The van der Waals surface area contributed by atoms with Crippen molar-refractivity contribution in [2.75, 3.05) is 19.6 Å². The van der Waals surface area contributed by atoms with Gasteiger partial charge in [-0.2, -0.15) is 0 Å². The molecule has 1 unspecified atom stereocenters. The number of rotatable bonds is 10. The Balaban J connectivity index is 1.82. The molecule has 1 aliphatic rings. The summed E-state index contributed by atoms with van der Waals surface area (Å²) < 4.78 is 0. The summed E-state index contributed by atoms with van der Waals surface area (Å²) in [5.41, 5.74) is 1.99. The average molecular weight is 510 g/mol. The fourth-order valence-corrected chi connectivity index (χ4v) is 5.87. The standard InChI is InChI=1S/C26H34Cl2N2O2S/c1-4-5-6-7-8-24(31)29(16-18(2)3)17-25(32)30-13-11-23-21(12-14-33-23)26(30)20-10-9-19(27)15-22(20)28/h9-10,12,14-15,18,26H,4-8,11,13,16-17H2,1-3H3. The van der Waals surface area contributed by atoms with Crippen molar-refractivity contribution in [3.63, 3.8) is 0 Å². The molecule has 0 aliphatic carbocycles. The first-order chi connectivity index (χ1) is 15.8. The number of amides is 2. The first kappa shape index (κ1) is 26.1. The van der Waals surface area contributed by atoms with Crippen molar-refractivity contribution in [2.24, 2.45) is 5.92 Å². The molecule has 3 rings (SSSR count). The molecule has 0 fully saturated rings. The summed E-state index contributed by atoms with van der Waals surface area (Å²) in [4.78, 5) is 31.5. The average Bonchev–Trinajstić information content (AvgIpc) is 3.24. The highest BCUT2D eigenvalue weighted by Gasteiger charge is 2.35. The lowest BCUT2D eigenvalue weighted by molar-refractivity contribution is -0.142. The van der Waals surface area contributed by atoms with Crippen LogP contribution in [0.1, 0.15) is 74.9 Å². The topological polar surface area (TPSA) is 40.6 Å². The van der Waals surface area contributed by atoms with E-state index in [0.717, 1.165) is 43.2 Å². The molecule has 2 aromatic rings. The zero-order valence-electron chi connectivity index (χ0n) is 19.8. The van der Waals surface area contributed by atoms with E-state index in [1.165, 1.54) is 4.88 Å². The van der Waals surface area contributed by atoms with E-state index in [4.69, 9.17) is 23.2 Å². The number of carbonyl (C=O) groups excluding carboxylic acids is 2. The molecule has 2 heterocycles. The lowest BCUT2D eigenvalue weighted by Gasteiger charge is -2.38. The summed E-state index contributed by atoms with van der Waals surface area (Å²) in [6, 6.07) is 7.27. The zero-order valence-corrected chi connectivity index (χ0v) is 22.1. The fourth-order valence-electron chi connectivity index (χ4n) is 4.45. The molecule has 0 radical (unpaired) electrons. The SMILES string of the molecule is CCCCCCC(=O)N(CC(=O)N1CCc2sccc2C1c1ccc(Cl)cc1Cl)CC(C)C. The molecule has 1 aromatic carbocycles. The number of carbonyl (C=O) groups is 2. The monoisotopic (exact) mass is 508 g/mol. The Labute approximate surface area is 211 Å². The van der Waals surface area contributed by atoms with Crippen molar-refractivity contribution in [1.29, 1.82) is 0 Å². The molecule has 0 N–H and O–H groups in total. The molecule has 0 spiro atoms. The Bertz CT molecular complexity index is 960. The van der Waals surface area contributed by atoms with Gasteiger partial charge in [0.25, 0.3) is 0 Å². The fraction of sp³-hybridized carbons (Fsp3) is 0.538. The molecule has 33 heavy (non-hydrogen) atoms. The van der Waals surface area contributed by atoms with E-state index >= 15 is 0 Å². The summed E-state index contributed by atoms with van der Waals surface area (Å²) in [6.07, 6.45) is 5.51. The largest absolute Gasteiger partial charge is 0.333 e. The van der Waals surface area contributed by atoms with Gasteiger partial charge in [-0.1, -0.05) is 69.3 Å². The molecule has 4 nitrogen and oxygen atoms in total. The third-order valence-corrected chi connectivity index (χ3v) is 7.61. The number of hydrogen-bond donors (Lipinski definition) is 0. The van der Waals surface area contributed by atoms with Crippen molar-refractivity contribution in [1.82, 2.24) is 9.80 Å². The summed E-state index contributed by atoms with van der Waals surface area (Å²) in [6.45, 7) is 7.62. The zero-order chi connectivity index (χ0) is 24.0. The highest BCUT2D eigenvalue weighted by molar-refractivity contribution is 7.10. The Morgan fingerprint density at radius 1 is 1.15 bits per heavy atom. The van der Waals surface area contributed by atoms with Gasteiger partial charge in [0.05, 0.1) is 12.6 Å². The Morgan fingerprint density at radius 2 is 1.94 bits per heavy atom. The Morgan fingerprint density at radius 3 is 2.64 bits per heavy atom. The molecule has 1 atom stereocenters. The van der Waals surface area contributed by atoms with Crippen LogP contribution in [-0.2, 0) is 16.0 Å². The van der Waals surface area contributed by atoms with Gasteiger partial charge in [-0.3, -0.25) is 9.59 Å². The summed E-state index contributed by atoms with van der Waals surface area (Å²) in [7, 11) is 0. The molecule has 0 saturated heterocycles. The highest BCUT2D eigenvalue weighted by atomic mass is 35.5. The van der Waals surface area contributed by atoms with Gasteiger partial charge in [0.15, 0.2) is 0 Å². The van der Waals surface area contributed by atoms with E-state index < -0.39 is 0 Å². The quantitative estimate of drug-likeness (QED) is 0.324. The van der Waals surface area contributed by atoms with Crippen molar-refractivity contribution < 1.29 is 9.59 Å². The Kier molecular flexibility index (Phi) is 9.66. The predicted octanol–water partition coefficient (Wildman–Crippen LogP) is 6.98. The van der Waals surface area contributed by atoms with Crippen LogP contribution in [0.3, 0.4) is 0 Å². The molecule has 7 heteroatoms. The van der Waals surface area contributed by atoms with Crippen LogP contribution < -0.4 is 0 Å². The van der Waals surface area contributed by atoms with Crippen molar-refractivity contribution >= 4 is 46.4 Å². The van der Waals surface area contributed by atoms with Gasteiger partial charge >= 0.3 is 0 Å². The van der Waals surface area contributed by atoms with Crippen LogP contribution in [0.15, 0.2) is 29.6 Å². The van der Waals surface area contributed by atoms with E-state index in [0.29, 0.717) is 35.5 Å². The van der Waals surface area contributed by atoms with Gasteiger partial charge in [0.2, 0.25) is 11.8 Å². The first-order valence-corrected chi connectivity index (χ1v) is 13.5. The molecule has 180 valence electrons. The van der Waals surface area contributed by atoms with Gasteiger partial charge in [0, 0.05) is 34.4 Å². The number of unbranched alkanes of at least 4 members (excludes halogenated alkanes) is 3. The maximum atomic E-state index is 13.6. The minimum Gasteiger partial charge on any atom is -0.333 e. The Hall–Kier alpha value is -1.56. The van der Waals surface area contributed by atoms with Crippen LogP contribution in [0.5, 0.6) is 0 Å². The van der Waals surface area contributed by atoms with E-state index in [-0.39, 0.29) is 24.4 Å². The third kappa shape index (κ3) is 6.74. The summed E-state index contributed by atoms with van der Waals surface area (Å²) in [5, 5.41) is 3.19. The van der Waals surface area contributed by atoms with Crippen LogP contribution in [-0.4, -0.2) is 41.2 Å². The number of hydrogen-bond acceptors (Lipinski definition) is 3. The number of halogens is 2. The van der Waals surface area contributed by atoms with Crippen molar-refractivity contribution in [3.05, 3.63) is 55.7 Å². The number of thiophene rings is 1. The normalized spacial score (nSPS) is 15.6. The van der Waals surface area contributed by atoms with Gasteiger partial charge in [0.1, 0.15) is 0 Å². The van der Waals surface area contributed by atoms with Crippen LogP contribution in [0, 0.1) is 5.92 Å². The summed E-state index contributed by atoms with van der Waals surface area (Å²) in [5.74, 6) is 0.330. The third-order valence-electron chi connectivity index (χ3n) is 6.05. The molecule has 1 aromatic heterocycles. The van der Waals surface area contributed by atoms with Crippen molar-refractivity contribution in [3.8, 4) is 0 Å². The highest BCUT2D eigenvalue weighted by Crippen LogP contribution is 2.41. The van der Waals surface area contributed by atoms with Gasteiger partial charge in [-0.25, -0.2) is 0 Å². The van der Waals surface area contributed by atoms with Crippen molar-refractivity contribution in [2.45, 2.75) is 65.3 Å². The molecular formula is C26H34Cl2N2O2S. The van der Waals surface area contributed by atoms with Gasteiger partial charge < -0.3 is 9.80 Å². The second kappa shape index (κ2) is 12.2.